The van der Waals surface area contributed by atoms with Gasteiger partial charge in [-0.1, -0.05) is 55.9 Å². The molecular weight excluding hydrogens is 574 g/mol. The van der Waals surface area contributed by atoms with Crippen molar-refractivity contribution >= 4 is 39.2 Å². The molecule has 1 aromatic heterocycles. The first-order chi connectivity index (χ1) is 20.1. The van der Waals surface area contributed by atoms with Gasteiger partial charge in [0.2, 0.25) is 15.9 Å². The van der Waals surface area contributed by atoms with E-state index in [-0.39, 0.29) is 16.6 Å². The summed E-state index contributed by atoms with van der Waals surface area (Å²) < 4.78 is 35.1. The Labute approximate surface area is 250 Å². The SMILES string of the molecule is CCN(CC)S(=O)(=O)c1cccc(-c2nnc(S[C@H](C)C(=O)Nc3cccc(C(C)=O)c3)n2-c2cccc(OC)c2)c1. The van der Waals surface area contributed by atoms with E-state index in [2.05, 4.69) is 15.5 Å². The highest BCUT2D eigenvalue weighted by molar-refractivity contribution is 8.00. The second-order valence-electron chi connectivity index (χ2n) is 9.35. The van der Waals surface area contributed by atoms with Crippen molar-refractivity contribution in [2.24, 2.45) is 0 Å². The molecule has 0 aliphatic rings. The van der Waals surface area contributed by atoms with Crippen molar-refractivity contribution in [2.75, 3.05) is 25.5 Å². The van der Waals surface area contributed by atoms with Crippen LogP contribution in [0.1, 0.15) is 38.1 Å². The number of Topliss-reactive ketones (excluding diaryl/α,β-unsaturated/α-hetero) is 1. The summed E-state index contributed by atoms with van der Waals surface area (Å²) in [4.78, 5) is 25.0. The highest BCUT2D eigenvalue weighted by Gasteiger charge is 2.25. The first-order valence-corrected chi connectivity index (χ1v) is 15.7. The number of ether oxygens (including phenoxy) is 1. The number of hydrogen-bond acceptors (Lipinski definition) is 8. The van der Waals surface area contributed by atoms with Gasteiger partial charge in [-0.3, -0.25) is 14.2 Å². The van der Waals surface area contributed by atoms with Crippen LogP contribution in [0.5, 0.6) is 5.75 Å². The van der Waals surface area contributed by atoms with Crippen molar-refractivity contribution < 1.29 is 22.7 Å². The van der Waals surface area contributed by atoms with E-state index in [1.165, 1.54) is 23.0 Å². The van der Waals surface area contributed by atoms with Crippen molar-refractivity contribution in [1.29, 1.82) is 0 Å². The number of hydrogen-bond donors (Lipinski definition) is 1. The second kappa shape index (κ2) is 13.3. The molecule has 0 saturated carbocycles. The lowest BCUT2D eigenvalue weighted by molar-refractivity contribution is -0.115. The molecule has 3 aromatic carbocycles. The Morgan fingerprint density at radius 3 is 2.40 bits per heavy atom. The molecule has 1 atom stereocenters. The average Bonchev–Trinajstić information content (AvgIpc) is 3.41. The molecule has 4 aromatic rings. The zero-order valence-corrected chi connectivity index (χ0v) is 25.7. The van der Waals surface area contributed by atoms with Crippen molar-refractivity contribution in [3.63, 3.8) is 0 Å². The lowest BCUT2D eigenvalue weighted by atomic mass is 10.1. The van der Waals surface area contributed by atoms with E-state index >= 15 is 0 Å². The molecule has 0 fully saturated rings. The highest BCUT2D eigenvalue weighted by Crippen LogP contribution is 2.33. The van der Waals surface area contributed by atoms with Gasteiger partial charge in [-0.05, 0) is 50.2 Å². The number of sulfonamides is 1. The van der Waals surface area contributed by atoms with Gasteiger partial charge in [0.25, 0.3) is 0 Å². The summed E-state index contributed by atoms with van der Waals surface area (Å²) in [5.41, 5.74) is 2.24. The smallest absolute Gasteiger partial charge is 0.243 e. The van der Waals surface area contributed by atoms with Gasteiger partial charge in [0.05, 0.1) is 22.9 Å². The maximum absolute atomic E-state index is 13.2. The maximum atomic E-state index is 13.2. The first-order valence-electron chi connectivity index (χ1n) is 13.4. The van der Waals surface area contributed by atoms with Crippen molar-refractivity contribution in [1.82, 2.24) is 19.1 Å². The van der Waals surface area contributed by atoms with Crippen LogP contribution in [-0.2, 0) is 14.8 Å². The first kappa shape index (κ1) is 30.9. The van der Waals surface area contributed by atoms with Crippen LogP contribution in [0.3, 0.4) is 0 Å². The molecule has 0 spiro atoms. The zero-order chi connectivity index (χ0) is 30.4. The van der Waals surface area contributed by atoms with Gasteiger partial charge < -0.3 is 10.1 Å². The maximum Gasteiger partial charge on any atom is 0.243 e. The van der Waals surface area contributed by atoms with Gasteiger partial charge in [0.15, 0.2) is 16.8 Å². The van der Waals surface area contributed by atoms with E-state index < -0.39 is 15.3 Å². The number of carbonyl (C=O) groups excluding carboxylic acids is 2. The van der Waals surface area contributed by atoms with E-state index in [9.17, 15) is 18.0 Å². The number of benzene rings is 3. The Balaban J connectivity index is 1.72. The van der Waals surface area contributed by atoms with Gasteiger partial charge in [0.1, 0.15) is 5.75 Å². The summed E-state index contributed by atoms with van der Waals surface area (Å²) in [6.07, 6.45) is 0. The van der Waals surface area contributed by atoms with E-state index in [0.29, 0.717) is 52.3 Å². The number of rotatable bonds is 12. The third-order valence-electron chi connectivity index (χ3n) is 6.57. The minimum Gasteiger partial charge on any atom is -0.497 e. The fourth-order valence-electron chi connectivity index (χ4n) is 4.30. The summed E-state index contributed by atoms with van der Waals surface area (Å²) in [5, 5.41) is 11.5. The minimum atomic E-state index is -3.70. The summed E-state index contributed by atoms with van der Waals surface area (Å²) in [7, 11) is -2.14. The van der Waals surface area contributed by atoms with Crippen LogP contribution < -0.4 is 10.1 Å². The minimum absolute atomic E-state index is 0.0959. The van der Waals surface area contributed by atoms with Gasteiger partial charge in [-0.2, -0.15) is 4.31 Å². The number of nitrogens with one attached hydrogen (secondary N) is 1. The summed E-state index contributed by atoms with van der Waals surface area (Å²) in [6, 6.07) is 20.6. The van der Waals surface area contributed by atoms with Gasteiger partial charge in [-0.25, -0.2) is 8.42 Å². The third kappa shape index (κ3) is 6.72. The number of methoxy groups -OCH3 is 1. The summed E-state index contributed by atoms with van der Waals surface area (Å²) in [5.74, 6) is 0.636. The van der Waals surface area contributed by atoms with Crippen LogP contribution >= 0.6 is 11.8 Å². The predicted octanol–water partition coefficient (Wildman–Crippen LogP) is 5.30. The molecule has 0 saturated heterocycles. The lowest BCUT2D eigenvalue weighted by Gasteiger charge is -2.19. The Morgan fingerprint density at radius 1 is 1.00 bits per heavy atom. The summed E-state index contributed by atoms with van der Waals surface area (Å²) in [6.45, 7) is 7.51. The fraction of sp³-hybridized carbons (Fsp3) is 0.267. The Morgan fingerprint density at radius 2 is 1.71 bits per heavy atom. The topological polar surface area (TPSA) is 123 Å². The van der Waals surface area contributed by atoms with Crippen molar-refractivity contribution in [2.45, 2.75) is 43.0 Å². The summed E-state index contributed by atoms with van der Waals surface area (Å²) >= 11 is 1.20. The molecular formula is C30H33N5O5S2. The third-order valence-corrected chi connectivity index (χ3v) is 9.66. The second-order valence-corrected chi connectivity index (χ2v) is 12.6. The van der Waals surface area contributed by atoms with Crippen LogP contribution in [-0.4, -0.2) is 64.6 Å². The molecule has 1 heterocycles. The predicted molar refractivity (Wildman–Crippen MR) is 164 cm³/mol. The van der Waals surface area contributed by atoms with Crippen molar-refractivity contribution in [3.8, 4) is 22.8 Å². The van der Waals surface area contributed by atoms with Crippen LogP contribution in [0.15, 0.2) is 82.8 Å². The van der Waals surface area contributed by atoms with Gasteiger partial charge >= 0.3 is 0 Å². The Kier molecular flexibility index (Phi) is 9.81. The number of anilines is 1. The highest BCUT2D eigenvalue weighted by atomic mass is 32.2. The molecule has 0 radical (unpaired) electrons. The van der Waals surface area contributed by atoms with E-state index in [1.54, 1.807) is 81.0 Å². The van der Waals surface area contributed by atoms with Gasteiger partial charge in [-0.15, -0.1) is 10.2 Å². The molecule has 42 heavy (non-hydrogen) atoms. The van der Waals surface area contributed by atoms with Crippen LogP contribution in [0.4, 0.5) is 5.69 Å². The quantitative estimate of drug-likeness (QED) is 0.170. The molecule has 0 aliphatic carbocycles. The molecule has 1 N–H and O–H groups in total. The van der Waals surface area contributed by atoms with E-state index in [4.69, 9.17) is 4.74 Å². The molecule has 220 valence electrons. The van der Waals surface area contributed by atoms with E-state index in [0.717, 1.165) is 0 Å². The van der Waals surface area contributed by atoms with Gasteiger partial charge in [0, 0.05) is 36.0 Å². The molecule has 1 amide bonds. The standard InChI is InChI=1S/C30H33N5O5S2/c1-6-34(7-2)42(38,39)27-16-9-12-23(18-27)28-32-33-30(35(28)25-14-10-15-26(19-25)40-5)41-21(4)29(37)31-24-13-8-11-22(17-24)20(3)36/h8-19,21H,6-7H2,1-5H3,(H,31,37)/t21-/m1/s1. The molecule has 0 aliphatic heterocycles. The number of thioether (sulfide) groups is 1. The number of amides is 1. The molecule has 0 bridgehead atoms. The zero-order valence-electron chi connectivity index (χ0n) is 24.1. The lowest BCUT2D eigenvalue weighted by Crippen LogP contribution is -2.30. The Bertz CT molecular complexity index is 1700. The normalized spacial score (nSPS) is 12.2. The number of ketones is 1. The number of nitrogens with zero attached hydrogens (tertiary/aromatic N) is 4. The van der Waals surface area contributed by atoms with Crippen LogP contribution in [0.2, 0.25) is 0 Å². The van der Waals surface area contributed by atoms with Crippen LogP contribution in [0, 0.1) is 0 Å². The van der Waals surface area contributed by atoms with Crippen LogP contribution in [0.25, 0.3) is 17.1 Å². The van der Waals surface area contributed by atoms with E-state index in [1.807, 2.05) is 24.3 Å². The molecule has 0 unspecified atom stereocenters. The number of aromatic nitrogens is 3. The average molecular weight is 608 g/mol. The number of carbonyl (C=O) groups is 2. The fourth-order valence-corrected chi connectivity index (χ4v) is 6.67. The molecule has 4 rings (SSSR count). The van der Waals surface area contributed by atoms with Crippen molar-refractivity contribution in [3.05, 3.63) is 78.4 Å². The Hall–Kier alpha value is -4.00. The molecule has 12 heteroatoms. The largest absolute Gasteiger partial charge is 0.497 e. The monoisotopic (exact) mass is 607 g/mol. The molecule has 10 nitrogen and oxygen atoms in total.